The maximum atomic E-state index is 13.5. The van der Waals surface area contributed by atoms with Crippen LogP contribution in [0, 0.1) is 23.2 Å². The van der Waals surface area contributed by atoms with Gasteiger partial charge >= 0.3 is 6.18 Å². The van der Waals surface area contributed by atoms with Gasteiger partial charge in [-0.05, 0) is 55.3 Å². The summed E-state index contributed by atoms with van der Waals surface area (Å²) in [6, 6.07) is 11.6. The van der Waals surface area contributed by atoms with E-state index in [1.165, 1.54) is 0 Å². The van der Waals surface area contributed by atoms with Crippen molar-refractivity contribution in [2.45, 2.75) is 18.6 Å². The highest BCUT2D eigenvalue weighted by Crippen LogP contribution is 2.34. The van der Waals surface area contributed by atoms with Crippen molar-refractivity contribution in [3.05, 3.63) is 53.7 Å². The number of aromatic nitrogens is 1. The predicted octanol–water partition coefficient (Wildman–Crippen LogP) is 1.81. The average molecular weight is 602 g/mol. The summed E-state index contributed by atoms with van der Waals surface area (Å²) in [5, 5.41) is 8.94. The Hall–Kier alpha value is -3.93. The van der Waals surface area contributed by atoms with Crippen LogP contribution >= 0.6 is 0 Å². The smallest absolute Gasteiger partial charge is 0.402 e. The number of ether oxygens (including phenoxy) is 2. The van der Waals surface area contributed by atoms with Crippen LogP contribution in [-0.2, 0) is 9.53 Å². The minimum Gasteiger partial charge on any atom is -0.491 e. The van der Waals surface area contributed by atoms with E-state index in [0.717, 1.165) is 5.82 Å². The zero-order chi connectivity index (χ0) is 30.4. The quantitative estimate of drug-likeness (QED) is 0.415. The van der Waals surface area contributed by atoms with Crippen molar-refractivity contribution < 1.29 is 32.2 Å². The molecule has 0 aliphatic carbocycles. The van der Waals surface area contributed by atoms with Crippen LogP contribution in [0.2, 0.25) is 0 Å². The number of pyridine rings is 1. The van der Waals surface area contributed by atoms with Crippen molar-refractivity contribution in [3.8, 4) is 11.8 Å². The fourth-order valence-electron chi connectivity index (χ4n) is 5.74. The Bertz CT molecular complexity index is 1300. The summed E-state index contributed by atoms with van der Waals surface area (Å²) in [7, 11) is 0. The van der Waals surface area contributed by atoms with E-state index < -0.39 is 24.0 Å². The molecule has 1 aromatic heterocycles. The van der Waals surface area contributed by atoms with Crippen LogP contribution in [0.25, 0.3) is 0 Å². The first-order valence-electron chi connectivity index (χ1n) is 14.3. The van der Waals surface area contributed by atoms with Gasteiger partial charge in [-0.15, -0.1) is 0 Å². The number of hydrogen-bond acceptors (Lipinski definition) is 9. The second-order valence-electron chi connectivity index (χ2n) is 10.9. The normalized spacial score (nSPS) is 23.1. The van der Waals surface area contributed by atoms with Gasteiger partial charge in [0.15, 0.2) is 5.92 Å². The molecular formula is C29H34F3N7O4. The number of alkyl halides is 3. The minimum absolute atomic E-state index is 0.0377. The maximum Gasteiger partial charge on any atom is 0.402 e. The zero-order valence-electron chi connectivity index (χ0n) is 23.6. The molecule has 2 aromatic rings. The Morgan fingerprint density at radius 1 is 1.07 bits per heavy atom. The molecule has 3 unspecified atom stereocenters. The summed E-state index contributed by atoms with van der Waals surface area (Å²) in [5.41, 5.74) is 5.74. The Labute approximate surface area is 247 Å². The highest BCUT2D eigenvalue weighted by atomic mass is 19.4. The SMILES string of the molecule is N#Cc1ccc(N2CCN(C(=O)c3ccc(OCCOCC4CCN(C5CNNC(=O)C5C(F)(F)F)C4)cc3)CC2)nc1. The van der Waals surface area contributed by atoms with Crippen LogP contribution in [0.5, 0.6) is 5.75 Å². The minimum atomic E-state index is -4.60. The van der Waals surface area contributed by atoms with Crippen molar-refractivity contribution in [2.24, 2.45) is 11.8 Å². The third-order valence-corrected chi connectivity index (χ3v) is 8.05. The van der Waals surface area contributed by atoms with E-state index >= 15 is 0 Å². The Morgan fingerprint density at radius 3 is 2.51 bits per heavy atom. The molecule has 5 rings (SSSR count). The van der Waals surface area contributed by atoms with Crippen LogP contribution in [0.1, 0.15) is 22.3 Å². The topological polar surface area (TPSA) is 123 Å². The highest BCUT2D eigenvalue weighted by molar-refractivity contribution is 5.94. The van der Waals surface area contributed by atoms with E-state index in [9.17, 15) is 22.8 Å². The van der Waals surface area contributed by atoms with E-state index in [1.807, 2.05) is 6.07 Å². The molecule has 2 N–H and O–H groups in total. The first-order chi connectivity index (χ1) is 20.7. The van der Waals surface area contributed by atoms with Crippen LogP contribution in [-0.4, -0.2) is 104 Å². The lowest BCUT2D eigenvalue weighted by Crippen LogP contribution is -2.64. The lowest BCUT2D eigenvalue weighted by Gasteiger charge is -2.38. The lowest BCUT2D eigenvalue weighted by molar-refractivity contribution is -0.199. The molecule has 14 heteroatoms. The summed E-state index contributed by atoms with van der Waals surface area (Å²) >= 11 is 0. The van der Waals surface area contributed by atoms with Gasteiger partial charge in [0.05, 0.1) is 18.8 Å². The van der Waals surface area contributed by atoms with Crippen LogP contribution < -0.4 is 20.5 Å². The highest BCUT2D eigenvalue weighted by Gasteiger charge is 2.53. The number of hydrogen-bond donors (Lipinski definition) is 2. The molecule has 0 radical (unpaired) electrons. The summed E-state index contributed by atoms with van der Waals surface area (Å²) in [6.07, 6.45) is -2.36. The maximum absolute atomic E-state index is 13.5. The van der Waals surface area contributed by atoms with Gasteiger partial charge in [-0.3, -0.25) is 19.9 Å². The van der Waals surface area contributed by atoms with Crippen molar-refractivity contribution in [2.75, 3.05) is 70.5 Å². The number of amides is 2. The molecule has 3 aliphatic rings. The molecule has 3 fully saturated rings. The number of nitrogens with one attached hydrogen (secondary N) is 2. The summed E-state index contributed by atoms with van der Waals surface area (Å²) < 4.78 is 51.9. The molecule has 43 heavy (non-hydrogen) atoms. The second kappa shape index (κ2) is 13.6. The molecule has 0 spiro atoms. The van der Waals surface area contributed by atoms with Crippen molar-refractivity contribution >= 4 is 17.6 Å². The molecule has 3 saturated heterocycles. The summed E-state index contributed by atoms with van der Waals surface area (Å²) in [4.78, 5) is 34.8. The van der Waals surface area contributed by atoms with Gasteiger partial charge in [0, 0.05) is 57.1 Å². The van der Waals surface area contributed by atoms with Crippen LogP contribution in [0.3, 0.4) is 0 Å². The number of anilines is 1. The van der Waals surface area contributed by atoms with Crippen LogP contribution in [0.4, 0.5) is 19.0 Å². The van der Waals surface area contributed by atoms with Gasteiger partial charge in [-0.1, -0.05) is 0 Å². The van der Waals surface area contributed by atoms with Gasteiger partial charge in [-0.25, -0.2) is 10.4 Å². The molecule has 1 aromatic carbocycles. The first-order valence-corrected chi connectivity index (χ1v) is 14.3. The third-order valence-electron chi connectivity index (χ3n) is 8.05. The summed E-state index contributed by atoms with van der Waals surface area (Å²) in [6.45, 7) is 4.36. The van der Waals surface area contributed by atoms with E-state index in [2.05, 4.69) is 26.8 Å². The number of piperazine rings is 1. The van der Waals surface area contributed by atoms with Gasteiger partial charge in [0.25, 0.3) is 5.91 Å². The number of nitrogens with zero attached hydrogens (tertiary/aromatic N) is 5. The van der Waals surface area contributed by atoms with Gasteiger partial charge in [0.1, 0.15) is 24.2 Å². The number of likely N-dealkylation sites (tertiary alicyclic amines) is 1. The predicted molar refractivity (Wildman–Crippen MR) is 149 cm³/mol. The van der Waals surface area contributed by atoms with E-state index in [0.29, 0.717) is 75.8 Å². The number of hydrazine groups is 1. The van der Waals surface area contributed by atoms with Gasteiger partial charge in [0.2, 0.25) is 5.91 Å². The Morgan fingerprint density at radius 2 is 1.84 bits per heavy atom. The largest absolute Gasteiger partial charge is 0.491 e. The number of carbonyl (C=O) groups excluding carboxylic acids is 2. The van der Waals surface area contributed by atoms with Crippen LogP contribution in [0.15, 0.2) is 42.6 Å². The van der Waals surface area contributed by atoms with Gasteiger partial charge in [-0.2, -0.15) is 18.4 Å². The molecule has 0 saturated carbocycles. The number of benzene rings is 1. The summed E-state index contributed by atoms with van der Waals surface area (Å²) in [5.74, 6) is -1.69. The molecule has 3 aliphatic heterocycles. The van der Waals surface area contributed by atoms with E-state index in [-0.39, 0.29) is 25.0 Å². The van der Waals surface area contributed by atoms with Crippen molar-refractivity contribution in [1.29, 1.82) is 5.26 Å². The standard InChI is InChI=1S/C29H34F3N7O4/c30-29(31,32)26-24(17-35-36-27(26)40)39-8-7-21(18-39)19-42-13-14-43-23-4-2-22(3-5-23)28(41)38-11-9-37(10-12-38)25-6-1-20(15-33)16-34-25/h1-6,16,21,24,26,35H,7-14,17-19H2,(H,36,40). The van der Waals surface area contributed by atoms with E-state index in [4.69, 9.17) is 14.7 Å². The molecule has 230 valence electrons. The molecule has 2 amide bonds. The average Bonchev–Trinajstić information content (AvgIpc) is 3.49. The Kier molecular flexibility index (Phi) is 9.64. The lowest BCUT2D eigenvalue weighted by atomic mass is 9.95. The number of rotatable bonds is 9. The van der Waals surface area contributed by atoms with Gasteiger partial charge < -0.3 is 19.3 Å². The molecule has 0 bridgehead atoms. The second-order valence-corrected chi connectivity index (χ2v) is 10.9. The molecular weight excluding hydrogens is 567 g/mol. The van der Waals surface area contributed by atoms with Crippen molar-refractivity contribution in [3.63, 3.8) is 0 Å². The number of carbonyl (C=O) groups is 2. The Balaban J connectivity index is 0.995. The monoisotopic (exact) mass is 601 g/mol. The van der Waals surface area contributed by atoms with Crippen molar-refractivity contribution in [1.82, 2.24) is 25.6 Å². The third kappa shape index (κ3) is 7.54. The first kappa shape index (κ1) is 30.5. The fraction of sp³-hybridized carbons (Fsp3) is 0.517. The number of halogens is 3. The number of nitriles is 1. The zero-order valence-corrected chi connectivity index (χ0v) is 23.6. The molecule has 11 nitrogen and oxygen atoms in total. The molecule has 3 atom stereocenters. The molecule has 4 heterocycles. The van der Waals surface area contributed by atoms with E-state index in [1.54, 1.807) is 46.3 Å². The fourth-order valence-corrected chi connectivity index (χ4v) is 5.74.